The summed E-state index contributed by atoms with van der Waals surface area (Å²) in [5.41, 5.74) is 7.55. The van der Waals surface area contributed by atoms with Crippen LogP contribution in [0.2, 0.25) is 0 Å². The van der Waals surface area contributed by atoms with Crippen LogP contribution in [-0.4, -0.2) is 51.1 Å². The number of fused-ring (bicyclic) bond motifs is 1. The molecule has 0 bridgehead atoms. The second-order valence-electron chi connectivity index (χ2n) is 10.2. The number of ether oxygens (including phenoxy) is 2. The van der Waals surface area contributed by atoms with E-state index in [4.69, 9.17) is 20.2 Å². The lowest BCUT2D eigenvalue weighted by Gasteiger charge is -2.27. The number of amides is 2. The fourth-order valence-corrected chi connectivity index (χ4v) is 3.28. The molecule has 0 radical (unpaired) electrons. The summed E-state index contributed by atoms with van der Waals surface area (Å²) in [7, 11) is 0. The average molecular weight is 483 g/mol. The van der Waals surface area contributed by atoms with Crippen molar-refractivity contribution in [3.05, 3.63) is 42.7 Å². The van der Waals surface area contributed by atoms with E-state index >= 15 is 0 Å². The number of carbonyl (C=O) groups is 2. The van der Waals surface area contributed by atoms with E-state index < -0.39 is 23.4 Å². The smallest absolute Gasteiger partial charge is 0.416 e. The van der Waals surface area contributed by atoms with Gasteiger partial charge >= 0.3 is 12.2 Å². The molecule has 0 unspecified atom stereocenters. The molecule has 0 saturated heterocycles. The molecule has 0 aliphatic rings. The summed E-state index contributed by atoms with van der Waals surface area (Å²) >= 11 is 0. The summed E-state index contributed by atoms with van der Waals surface area (Å²) in [5, 5.41) is 7.08. The third-order valence-corrected chi connectivity index (χ3v) is 4.67. The maximum atomic E-state index is 13.1. The Morgan fingerprint density at radius 2 is 1.80 bits per heavy atom. The van der Waals surface area contributed by atoms with Crippen LogP contribution in [0, 0.1) is 0 Å². The maximum Gasteiger partial charge on any atom is 0.416 e. The van der Waals surface area contributed by atoms with Crippen LogP contribution in [0.5, 0.6) is 0 Å². The van der Waals surface area contributed by atoms with Crippen LogP contribution < -0.4 is 16.0 Å². The van der Waals surface area contributed by atoms with Gasteiger partial charge in [0.25, 0.3) is 0 Å². The second-order valence-corrected chi connectivity index (χ2v) is 10.2. The summed E-state index contributed by atoms with van der Waals surface area (Å²) < 4.78 is 12.5. The lowest BCUT2D eigenvalue weighted by atomic mass is 10.1. The molecule has 0 spiro atoms. The molecule has 0 fully saturated rings. The molecule has 2 heterocycles. The van der Waals surface area contributed by atoms with E-state index in [9.17, 15) is 9.59 Å². The van der Waals surface area contributed by atoms with Crippen molar-refractivity contribution < 1.29 is 19.1 Å². The lowest BCUT2D eigenvalue weighted by molar-refractivity contribution is 0.0527. The number of nitrogen functional groups attached to an aromatic ring is 1. The molecule has 3 rings (SSSR count). The molecule has 3 N–H and O–H groups in total. The lowest BCUT2D eigenvalue weighted by Crippen LogP contribution is -2.39. The highest BCUT2D eigenvalue weighted by molar-refractivity contribution is 5.88. The normalized spacial score (nSPS) is 11.8. The Morgan fingerprint density at radius 3 is 2.46 bits per heavy atom. The molecule has 188 valence electrons. The molecule has 0 aliphatic carbocycles. The van der Waals surface area contributed by atoms with Crippen LogP contribution >= 0.6 is 0 Å². The number of nitrogens with one attached hydrogen (secondary N) is 1. The van der Waals surface area contributed by atoms with E-state index in [1.165, 1.54) is 4.90 Å². The topological polar surface area (TPSA) is 124 Å². The molecule has 10 nitrogen and oxygen atoms in total. The van der Waals surface area contributed by atoms with Gasteiger partial charge in [-0.25, -0.2) is 19.1 Å². The van der Waals surface area contributed by atoms with Crippen molar-refractivity contribution >= 4 is 29.3 Å². The first-order valence-electron chi connectivity index (χ1n) is 11.5. The van der Waals surface area contributed by atoms with Gasteiger partial charge in [0.2, 0.25) is 0 Å². The number of carbonyl (C=O) groups excluding carboxylic acids is 2. The van der Waals surface area contributed by atoms with Gasteiger partial charge in [-0.3, -0.25) is 4.90 Å². The molecule has 10 heteroatoms. The molecular formula is C25H34N6O4. The van der Waals surface area contributed by atoms with Gasteiger partial charge in [0.1, 0.15) is 17.0 Å². The van der Waals surface area contributed by atoms with Crippen LogP contribution in [0.1, 0.15) is 48.0 Å². The van der Waals surface area contributed by atoms with Gasteiger partial charge in [-0.2, -0.15) is 5.10 Å². The summed E-state index contributed by atoms with van der Waals surface area (Å²) in [6, 6.07) is 9.15. The highest BCUT2D eigenvalue weighted by Gasteiger charge is 2.25. The van der Waals surface area contributed by atoms with Crippen LogP contribution in [0.25, 0.3) is 16.8 Å². The van der Waals surface area contributed by atoms with Gasteiger partial charge in [0, 0.05) is 30.5 Å². The van der Waals surface area contributed by atoms with Crippen molar-refractivity contribution in [2.45, 2.75) is 59.2 Å². The molecule has 3 aromatic rings. The number of nitrogens with zero attached hydrogens (tertiary/aromatic N) is 4. The fraction of sp³-hybridized carbons (Fsp3) is 0.440. The Kier molecular flexibility index (Phi) is 7.52. The van der Waals surface area contributed by atoms with E-state index in [1.54, 1.807) is 64.5 Å². The Labute approximate surface area is 205 Å². The van der Waals surface area contributed by atoms with E-state index in [-0.39, 0.29) is 6.54 Å². The van der Waals surface area contributed by atoms with E-state index in [0.717, 1.165) is 11.1 Å². The number of hydrogen-bond donors (Lipinski definition) is 2. The Morgan fingerprint density at radius 1 is 1.09 bits per heavy atom. The summed E-state index contributed by atoms with van der Waals surface area (Å²) in [4.78, 5) is 31.2. The third-order valence-electron chi connectivity index (χ3n) is 4.67. The number of aromatic nitrogens is 3. The zero-order valence-corrected chi connectivity index (χ0v) is 21.2. The molecule has 1 aromatic carbocycles. The van der Waals surface area contributed by atoms with Crippen LogP contribution in [0.15, 0.2) is 42.7 Å². The molecule has 35 heavy (non-hydrogen) atoms. The molecule has 0 aliphatic heterocycles. The zero-order chi connectivity index (χ0) is 25.8. The van der Waals surface area contributed by atoms with Gasteiger partial charge in [-0.05, 0) is 71.7 Å². The summed E-state index contributed by atoms with van der Waals surface area (Å²) in [6.45, 7) is 11.4. The van der Waals surface area contributed by atoms with Gasteiger partial charge in [0.05, 0.1) is 6.20 Å². The number of hydrogen-bond acceptors (Lipinski definition) is 7. The standard InChI is InChI=1S/C25H34N6O4/c1-24(2,3)34-22(32)27-12-8-13-30(23(33)35-25(4,5)6)20-11-14-31-21(29-20)19(16-28-31)17-9-7-10-18(26)15-17/h7,9-11,14-16H,8,12-13,26H2,1-6H3,(H,27,32). The van der Waals surface area contributed by atoms with Gasteiger partial charge < -0.3 is 20.5 Å². The summed E-state index contributed by atoms with van der Waals surface area (Å²) in [5.74, 6) is 0.412. The quantitative estimate of drug-likeness (QED) is 0.387. The van der Waals surface area contributed by atoms with Crippen molar-refractivity contribution in [1.82, 2.24) is 19.9 Å². The highest BCUT2D eigenvalue weighted by Crippen LogP contribution is 2.27. The second kappa shape index (κ2) is 10.2. The van der Waals surface area contributed by atoms with Crippen molar-refractivity contribution in [2.75, 3.05) is 23.7 Å². The zero-order valence-electron chi connectivity index (χ0n) is 21.2. The number of alkyl carbamates (subject to hydrolysis) is 1. The van der Waals surface area contributed by atoms with Crippen molar-refractivity contribution in [3.63, 3.8) is 0 Å². The molecule has 0 saturated carbocycles. The van der Waals surface area contributed by atoms with Crippen molar-refractivity contribution in [2.24, 2.45) is 0 Å². The summed E-state index contributed by atoms with van der Waals surface area (Å²) in [6.07, 6.45) is 2.88. The SMILES string of the molecule is CC(C)(C)OC(=O)NCCCN(C(=O)OC(C)(C)C)c1ccn2ncc(-c3cccc(N)c3)c2n1. The van der Waals surface area contributed by atoms with E-state index in [2.05, 4.69) is 10.4 Å². The van der Waals surface area contributed by atoms with Gasteiger partial charge in [-0.15, -0.1) is 0 Å². The first kappa shape index (κ1) is 25.8. The van der Waals surface area contributed by atoms with Crippen LogP contribution in [0.3, 0.4) is 0 Å². The monoisotopic (exact) mass is 482 g/mol. The molecule has 2 aromatic heterocycles. The highest BCUT2D eigenvalue weighted by atomic mass is 16.6. The Hall–Kier alpha value is -3.82. The molecular weight excluding hydrogens is 448 g/mol. The number of benzene rings is 1. The number of nitrogens with two attached hydrogens (primary N) is 1. The van der Waals surface area contributed by atoms with Crippen molar-refractivity contribution in [3.8, 4) is 11.1 Å². The molecule has 0 atom stereocenters. The first-order valence-corrected chi connectivity index (χ1v) is 11.5. The van der Waals surface area contributed by atoms with Gasteiger partial charge in [-0.1, -0.05) is 12.1 Å². The van der Waals surface area contributed by atoms with E-state index in [1.807, 2.05) is 24.3 Å². The maximum absolute atomic E-state index is 13.1. The minimum absolute atomic E-state index is 0.273. The first-order chi connectivity index (χ1) is 16.3. The predicted octanol–water partition coefficient (Wildman–Crippen LogP) is 4.63. The minimum atomic E-state index is -0.683. The van der Waals surface area contributed by atoms with E-state index in [0.29, 0.717) is 30.1 Å². The largest absolute Gasteiger partial charge is 0.444 e. The van der Waals surface area contributed by atoms with Crippen molar-refractivity contribution in [1.29, 1.82) is 0 Å². The minimum Gasteiger partial charge on any atom is -0.444 e. The predicted molar refractivity (Wildman–Crippen MR) is 135 cm³/mol. The van der Waals surface area contributed by atoms with Crippen LogP contribution in [-0.2, 0) is 9.47 Å². The average Bonchev–Trinajstić information content (AvgIpc) is 3.14. The number of rotatable bonds is 6. The number of anilines is 2. The third kappa shape index (κ3) is 7.33. The van der Waals surface area contributed by atoms with Gasteiger partial charge in [0.15, 0.2) is 5.65 Å². The Balaban J connectivity index is 1.84. The fourth-order valence-electron chi connectivity index (χ4n) is 3.28. The van der Waals surface area contributed by atoms with Crippen LogP contribution in [0.4, 0.5) is 21.1 Å². The Bertz CT molecular complexity index is 1190. The molecule has 2 amide bonds.